The lowest BCUT2D eigenvalue weighted by Gasteiger charge is -2.27. The zero-order valence-corrected chi connectivity index (χ0v) is 20.9. The molecule has 12 heteroatoms. The van der Waals surface area contributed by atoms with E-state index in [1.165, 1.54) is 0 Å². The molecule has 0 unspecified atom stereocenters. The van der Waals surface area contributed by atoms with Crippen LogP contribution in [0.15, 0.2) is 24.3 Å². The molecule has 1 aliphatic heterocycles. The van der Waals surface area contributed by atoms with Gasteiger partial charge in [0.05, 0.1) is 18.8 Å². The third-order valence-electron chi connectivity index (χ3n) is 5.51. The fraction of sp³-hybridized carbons (Fsp3) is 0.682. The monoisotopic (exact) mass is 502 g/mol. The van der Waals surface area contributed by atoms with E-state index in [1.807, 2.05) is 12.1 Å². The van der Waals surface area contributed by atoms with Crippen LogP contribution >= 0.6 is 7.82 Å². The number of phosphoric acid groups is 1. The summed E-state index contributed by atoms with van der Waals surface area (Å²) in [6.45, 7) is 10.3. The fourth-order valence-corrected chi connectivity index (χ4v) is 4.23. The number of rotatable bonds is 11. The molecule has 1 aromatic carbocycles. The highest BCUT2D eigenvalue weighted by molar-refractivity contribution is 7.46. The summed E-state index contributed by atoms with van der Waals surface area (Å²) >= 11 is 0. The molecule has 2 atom stereocenters. The Morgan fingerprint density at radius 1 is 0.941 bits per heavy atom. The minimum atomic E-state index is -4.54. The molecule has 0 spiro atoms. The van der Waals surface area contributed by atoms with Crippen LogP contribution in [0.1, 0.15) is 29.8 Å². The molecule has 5 N–H and O–H groups in total. The second-order valence-electron chi connectivity index (χ2n) is 8.85. The van der Waals surface area contributed by atoms with Gasteiger partial charge in [0.1, 0.15) is 0 Å². The van der Waals surface area contributed by atoms with Crippen LogP contribution in [0.25, 0.3) is 0 Å². The van der Waals surface area contributed by atoms with E-state index in [0.29, 0.717) is 25.2 Å². The number of aliphatic hydroxyl groups excluding tert-OH is 2. The van der Waals surface area contributed by atoms with E-state index in [-0.39, 0.29) is 19.1 Å². The molecular weight excluding hydrogens is 463 g/mol. The predicted molar refractivity (Wildman–Crippen MR) is 128 cm³/mol. The molecule has 34 heavy (non-hydrogen) atoms. The van der Waals surface area contributed by atoms with Gasteiger partial charge in [-0.3, -0.25) is 24.0 Å². The number of nitrogens with one attached hydrogen (secondary N) is 1. The van der Waals surface area contributed by atoms with Crippen molar-refractivity contribution in [2.24, 2.45) is 0 Å². The fourth-order valence-electron chi connectivity index (χ4n) is 3.91. The van der Waals surface area contributed by atoms with E-state index in [2.05, 4.69) is 24.5 Å². The number of carbonyl (C=O) groups excluding carboxylic acids is 1. The largest absolute Gasteiger partial charge is 0.469 e. The highest BCUT2D eigenvalue weighted by atomic mass is 31.2. The zero-order valence-electron chi connectivity index (χ0n) is 20.0. The van der Waals surface area contributed by atoms with Crippen molar-refractivity contribution in [2.75, 3.05) is 65.5 Å². The molecule has 1 amide bonds. The van der Waals surface area contributed by atoms with Crippen LogP contribution in [0.5, 0.6) is 0 Å². The molecule has 194 valence electrons. The molecule has 2 rings (SSSR count). The predicted octanol–water partition coefficient (Wildman–Crippen LogP) is -0.293. The Balaban J connectivity index is 1.93. The SMILES string of the molecule is C[C@H](O)CN1CCN(Cc2ccc(C(=O)NCCOP(=O)(O)O)cc2)CCN(C[C@H](C)O)CC1. The second-order valence-corrected chi connectivity index (χ2v) is 10.1. The van der Waals surface area contributed by atoms with Crippen LogP contribution in [-0.4, -0.2) is 118 Å². The topological polar surface area (TPSA) is 146 Å². The normalized spacial score (nSPS) is 19.1. The number of amides is 1. The van der Waals surface area contributed by atoms with Gasteiger partial charge in [0.25, 0.3) is 5.91 Å². The smallest absolute Gasteiger partial charge is 0.392 e. The summed E-state index contributed by atoms with van der Waals surface area (Å²) in [6.07, 6.45) is -0.803. The number of β-amino-alcohol motifs (C(OH)–C–C–N with tert-alkyl or cyclic N) is 2. The Morgan fingerprint density at radius 3 is 1.85 bits per heavy atom. The molecule has 1 fully saturated rings. The van der Waals surface area contributed by atoms with Crippen molar-refractivity contribution < 1.29 is 33.9 Å². The summed E-state index contributed by atoms with van der Waals surface area (Å²) in [7, 11) is -4.54. The van der Waals surface area contributed by atoms with Crippen molar-refractivity contribution in [2.45, 2.75) is 32.6 Å². The summed E-state index contributed by atoms with van der Waals surface area (Å²) in [5.41, 5.74) is 1.51. The average molecular weight is 503 g/mol. The van der Waals surface area contributed by atoms with Gasteiger partial charge in [-0.25, -0.2) is 4.57 Å². The lowest BCUT2D eigenvalue weighted by Crippen LogP contribution is -2.41. The number of hydrogen-bond acceptors (Lipinski definition) is 8. The van der Waals surface area contributed by atoms with E-state index in [4.69, 9.17) is 9.79 Å². The number of hydrogen-bond donors (Lipinski definition) is 5. The van der Waals surface area contributed by atoms with Crippen molar-refractivity contribution in [3.63, 3.8) is 0 Å². The van der Waals surface area contributed by atoms with Gasteiger partial charge in [-0.05, 0) is 31.5 Å². The highest BCUT2D eigenvalue weighted by Gasteiger charge is 2.19. The second kappa shape index (κ2) is 14.2. The van der Waals surface area contributed by atoms with Crippen molar-refractivity contribution >= 4 is 13.7 Å². The van der Waals surface area contributed by atoms with Gasteiger partial charge in [0.2, 0.25) is 0 Å². The third-order valence-corrected chi connectivity index (χ3v) is 6.03. The number of phosphoric ester groups is 1. The Morgan fingerprint density at radius 2 is 1.41 bits per heavy atom. The van der Waals surface area contributed by atoms with Gasteiger partial charge in [-0.1, -0.05) is 12.1 Å². The molecule has 0 bridgehead atoms. The summed E-state index contributed by atoms with van der Waals surface area (Å²) in [6, 6.07) is 7.25. The van der Waals surface area contributed by atoms with Crippen LogP contribution in [0.2, 0.25) is 0 Å². The zero-order chi connectivity index (χ0) is 25.1. The molecule has 0 aliphatic carbocycles. The van der Waals surface area contributed by atoms with Crippen LogP contribution < -0.4 is 5.32 Å². The summed E-state index contributed by atoms with van der Waals surface area (Å²) < 4.78 is 15.0. The maximum absolute atomic E-state index is 12.2. The first-order valence-electron chi connectivity index (χ1n) is 11.6. The Hall–Kier alpha value is -1.40. The standard InChI is InChI=1S/C22H39N4O7P/c1-18(27)15-24-8-9-25(16-19(2)28)11-13-26(12-10-24)17-20-3-5-21(6-4-20)22(29)23-7-14-33-34(30,31)32/h3-6,18-19,27-28H,7-17H2,1-2H3,(H,23,29)(H2,30,31,32)/t18-,19-/m0/s1. The first-order valence-corrected chi connectivity index (χ1v) is 13.2. The molecule has 1 saturated heterocycles. The molecule has 1 aliphatic rings. The minimum absolute atomic E-state index is 0.00854. The molecule has 0 aromatic heterocycles. The number of nitrogens with zero attached hydrogens (tertiary/aromatic N) is 3. The lowest BCUT2D eigenvalue weighted by atomic mass is 10.1. The number of aliphatic hydroxyl groups is 2. The third kappa shape index (κ3) is 11.8. The molecule has 0 radical (unpaired) electrons. The van der Waals surface area contributed by atoms with E-state index >= 15 is 0 Å². The number of carbonyl (C=O) groups is 1. The van der Waals surface area contributed by atoms with Gasteiger partial charge in [-0.15, -0.1) is 0 Å². The van der Waals surface area contributed by atoms with E-state index in [9.17, 15) is 19.6 Å². The van der Waals surface area contributed by atoms with Crippen LogP contribution in [0.4, 0.5) is 0 Å². The van der Waals surface area contributed by atoms with Gasteiger partial charge < -0.3 is 25.3 Å². The summed E-state index contributed by atoms with van der Waals surface area (Å²) in [5, 5.41) is 22.2. The van der Waals surface area contributed by atoms with Crippen molar-refractivity contribution in [3.05, 3.63) is 35.4 Å². The summed E-state index contributed by atoms with van der Waals surface area (Å²) in [5.74, 6) is -0.342. The first kappa shape index (κ1) is 28.8. The number of benzene rings is 1. The first-order chi connectivity index (χ1) is 16.0. The van der Waals surface area contributed by atoms with E-state index in [1.54, 1.807) is 26.0 Å². The van der Waals surface area contributed by atoms with Crippen LogP contribution in [0.3, 0.4) is 0 Å². The Labute approximate surface area is 201 Å². The lowest BCUT2D eigenvalue weighted by molar-refractivity contribution is 0.0941. The van der Waals surface area contributed by atoms with Gasteiger partial charge in [-0.2, -0.15) is 0 Å². The minimum Gasteiger partial charge on any atom is -0.392 e. The molecule has 0 saturated carbocycles. The average Bonchev–Trinajstić information content (AvgIpc) is 2.82. The molecular formula is C22H39N4O7P. The van der Waals surface area contributed by atoms with Crippen molar-refractivity contribution in [1.29, 1.82) is 0 Å². The van der Waals surface area contributed by atoms with Gasteiger partial charge >= 0.3 is 7.82 Å². The van der Waals surface area contributed by atoms with Crippen LogP contribution in [0, 0.1) is 0 Å². The molecule has 11 nitrogen and oxygen atoms in total. The molecule has 1 aromatic rings. The summed E-state index contributed by atoms with van der Waals surface area (Å²) in [4.78, 5) is 36.4. The highest BCUT2D eigenvalue weighted by Crippen LogP contribution is 2.35. The van der Waals surface area contributed by atoms with Crippen molar-refractivity contribution in [1.82, 2.24) is 20.0 Å². The van der Waals surface area contributed by atoms with Gasteiger partial charge in [0.15, 0.2) is 0 Å². The quantitative estimate of drug-likeness (QED) is 0.202. The van der Waals surface area contributed by atoms with Gasteiger partial charge in [0, 0.05) is 71.0 Å². The van der Waals surface area contributed by atoms with E-state index in [0.717, 1.165) is 44.8 Å². The van der Waals surface area contributed by atoms with Crippen molar-refractivity contribution in [3.8, 4) is 0 Å². The Kier molecular flexibility index (Phi) is 12.1. The maximum atomic E-state index is 12.2. The Bertz CT molecular complexity index is 766. The van der Waals surface area contributed by atoms with E-state index < -0.39 is 20.0 Å². The van der Waals surface area contributed by atoms with Crippen LogP contribution in [-0.2, 0) is 15.6 Å². The molecule has 1 heterocycles. The maximum Gasteiger partial charge on any atom is 0.469 e.